The normalized spacial score (nSPS) is 11.2. The summed E-state index contributed by atoms with van der Waals surface area (Å²) in [5.74, 6) is -1.30. The van der Waals surface area contributed by atoms with Crippen molar-refractivity contribution in [2.24, 2.45) is 11.5 Å². The monoisotopic (exact) mass is 336 g/mol. The second-order valence-electron chi connectivity index (χ2n) is 5.03. The van der Waals surface area contributed by atoms with Crippen LogP contribution >= 0.6 is 12.4 Å². The molecule has 0 radical (unpaired) electrons. The summed E-state index contributed by atoms with van der Waals surface area (Å²) < 4.78 is 0. The topological polar surface area (TPSA) is 127 Å². The van der Waals surface area contributed by atoms with Gasteiger partial charge in [0.25, 0.3) is 0 Å². The molecule has 0 bridgehead atoms. The summed E-state index contributed by atoms with van der Waals surface area (Å²) in [7, 11) is 0. The Balaban J connectivity index is 0. The molecule has 8 heteroatoms. The van der Waals surface area contributed by atoms with Crippen LogP contribution in [0.25, 0.3) is 0 Å². The average Bonchev–Trinajstić information content (AvgIpc) is 2.43. The molecule has 0 aromatic heterocycles. The van der Waals surface area contributed by atoms with E-state index in [9.17, 15) is 14.4 Å². The van der Waals surface area contributed by atoms with Crippen molar-refractivity contribution in [2.75, 3.05) is 13.1 Å². The Morgan fingerprint density at radius 3 is 2.27 bits per heavy atom. The number of nitrogens with one attached hydrogen (secondary N) is 2. The third kappa shape index (κ3) is 12.4. The van der Waals surface area contributed by atoms with Gasteiger partial charge in [-0.25, -0.2) is 0 Å². The number of nitrogens with two attached hydrogens (primary N) is 2. The van der Waals surface area contributed by atoms with Crippen molar-refractivity contribution in [2.45, 2.75) is 57.9 Å². The Labute approximate surface area is 138 Å². The number of carbonyl (C=O) groups is 3. The molecule has 0 saturated carbocycles. The van der Waals surface area contributed by atoms with Gasteiger partial charge in [0.15, 0.2) is 0 Å². The Morgan fingerprint density at radius 2 is 1.73 bits per heavy atom. The molecule has 0 saturated heterocycles. The molecule has 22 heavy (non-hydrogen) atoms. The molecule has 0 aromatic rings. The Bertz CT molecular complexity index is 340. The van der Waals surface area contributed by atoms with Gasteiger partial charge in [0, 0.05) is 19.5 Å². The third-order valence-electron chi connectivity index (χ3n) is 3.01. The van der Waals surface area contributed by atoms with E-state index in [1.165, 1.54) is 0 Å². The van der Waals surface area contributed by atoms with Crippen molar-refractivity contribution in [1.29, 1.82) is 0 Å². The lowest BCUT2D eigenvalue weighted by atomic mass is 10.1. The number of unbranched alkanes of at least 4 members (excludes halogenated alkanes) is 4. The third-order valence-corrected chi connectivity index (χ3v) is 3.01. The summed E-state index contributed by atoms with van der Waals surface area (Å²) in [6, 6.07) is -0.919. The predicted octanol–water partition coefficient (Wildman–Crippen LogP) is 0.204. The quantitative estimate of drug-likeness (QED) is 0.380. The van der Waals surface area contributed by atoms with Crippen molar-refractivity contribution < 1.29 is 14.4 Å². The van der Waals surface area contributed by atoms with Gasteiger partial charge in [0.1, 0.15) is 6.04 Å². The van der Waals surface area contributed by atoms with Crippen molar-refractivity contribution in [3.63, 3.8) is 0 Å². The molecule has 0 aliphatic rings. The molecule has 0 aromatic carbocycles. The fraction of sp³-hybridized carbons (Fsp3) is 0.786. The van der Waals surface area contributed by atoms with E-state index in [0.717, 1.165) is 32.1 Å². The van der Waals surface area contributed by atoms with Crippen LogP contribution in [-0.2, 0) is 14.4 Å². The van der Waals surface area contributed by atoms with Crippen LogP contribution in [0.4, 0.5) is 0 Å². The van der Waals surface area contributed by atoms with Crippen molar-refractivity contribution in [3.05, 3.63) is 0 Å². The van der Waals surface area contributed by atoms with Gasteiger partial charge >= 0.3 is 0 Å². The van der Waals surface area contributed by atoms with Crippen LogP contribution in [0.2, 0.25) is 0 Å². The van der Waals surface area contributed by atoms with Crippen LogP contribution < -0.4 is 22.1 Å². The van der Waals surface area contributed by atoms with Crippen LogP contribution in [0.1, 0.15) is 51.9 Å². The summed E-state index contributed by atoms with van der Waals surface area (Å²) >= 11 is 0. The van der Waals surface area contributed by atoms with E-state index in [4.69, 9.17) is 11.5 Å². The maximum atomic E-state index is 11.8. The van der Waals surface area contributed by atoms with Crippen molar-refractivity contribution >= 4 is 30.1 Å². The van der Waals surface area contributed by atoms with Gasteiger partial charge in [-0.1, -0.05) is 32.6 Å². The van der Waals surface area contributed by atoms with E-state index in [1.807, 2.05) is 0 Å². The number of hydrogen-bond acceptors (Lipinski definition) is 4. The second kappa shape index (κ2) is 14.6. The van der Waals surface area contributed by atoms with Crippen LogP contribution in [0.5, 0.6) is 0 Å². The number of hydrogen-bond donors (Lipinski definition) is 4. The molecule has 0 rings (SSSR count). The van der Waals surface area contributed by atoms with Crippen LogP contribution in [0.3, 0.4) is 0 Å². The first-order valence-corrected chi connectivity index (χ1v) is 7.56. The molecule has 1 atom stereocenters. The van der Waals surface area contributed by atoms with Gasteiger partial charge in [-0.05, 0) is 6.42 Å². The highest BCUT2D eigenvalue weighted by Gasteiger charge is 2.22. The molecular formula is C14H29ClN4O3. The van der Waals surface area contributed by atoms with E-state index >= 15 is 0 Å². The largest absolute Gasteiger partial charge is 0.370 e. The standard InChI is InChI=1S/C14H28N4O3.ClH/c1-2-3-4-5-6-7-13(20)18-11(10-12(16)19)14(21)17-9-8-15;/h11H,2-10,15H2,1H3,(H2,16,19)(H,17,21)(H,18,20);1H. The molecule has 3 amide bonds. The number of carbonyl (C=O) groups excluding carboxylic acids is 3. The van der Waals surface area contributed by atoms with Crippen LogP contribution in [0, 0.1) is 0 Å². The first kappa shape index (κ1) is 22.9. The highest BCUT2D eigenvalue weighted by Crippen LogP contribution is 2.05. The van der Waals surface area contributed by atoms with Gasteiger partial charge in [-0.15, -0.1) is 12.4 Å². The first-order valence-electron chi connectivity index (χ1n) is 7.56. The zero-order chi connectivity index (χ0) is 16.1. The minimum Gasteiger partial charge on any atom is -0.370 e. The lowest BCUT2D eigenvalue weighted by molar-refractivity contribution is -0.131. The Hall–Kier alpha value is -1.34. The summed E-state index contributed by atoms with van der Waals surface area (Å²) in [5, 5.41) is 5.10. The summed E-state index contributed by atoms with van der Waals surface area (Å²) in [6.07, 6.45) is 5.31. The predicted molar refractivity (Wildman–Crippen MR) is 88.4 cm³/mol. The molecule has 6 N–H and O–H groups in total. The number of halogens is 1. The molecule has 1 unspecified atom stereocenters. The Morgan fingerprint density at radius 1 is 1.09 bits per heavy atom. The fourth-order valence-corrected chi connectivity index (χ4v) is 1.88. The lowest BCUT2D eigenvalue weighted by Crippen LogP contribution is -2.49. The fourth-order valence-electron chi connectivity index (χ4n) is 1.88. The second-order valence-corrected chi connectivity index (χ2v) is 5.03. The minimum atomic E-state index is -0.919. The zero-order valence-electron chi connectivity index (χ0n) is 13.2. The van der Waals surface area contributed by atoms with E-state index < -0.39 is 17.9 Å². The number of amides is 3. The van der Waals surface area contributed by atoms with Crippen LogP contribution in [0.15, 0.2) is 0 Å². The smallest absolute Gasteiger partial charge is 0.243 e. The molecule has 0 aliphatic carbocycles. The summed E-state index contributed by atoms with van der Waals surface area (Å²) in [5.41, 5.74) is 10.4. The first-order chi connectivity index (χ1) is 10.0. The maximum Gasteiger partial charge on any atom is 0.243 e. The Kier molecular flexibility index (Phi) is 15.2. The van der Waals surface area contributed by atoms with Gasteiger partial charge in [-0.2, -0.15) is 0 Å². The van der Waals surface area contributed by atoms with Crippen molar-refractivity contribution in [3.8, 4) is 0 Å². The molecule has 0 spiro atoms. The SMILES string of the molecule is CCCCCCCC(=O)NC(CC(N)=O)C(=O)NCCN.Cl. The molecule has 0 fully saturated rings. The highest BCUT2D eigenvalue weighted by molar-refractivity contribution is 5.91. The molecule has 7 nitrogen and oxygen atoms in total. The molecule has 0 aliphatic heterocycles. The van der Waals surface area contributed by atoms with E-state index in [0.29, 0.717) is 19.5 Å². The van der Waals surface area contributed by atoms with Crippen LogP contribution in [-0.4, -0.2) is 36.9 Å². The van der Waals surface area contributed by atoms with Gasteiger partial charge < -0.3 is 22.1 Å². The van der Waals surface area contributed by atoms with E-state index in [-0.39, 0.29) is 24.7 Å². The van der Waals surface area contributed by atoms with Crippen molar-refractivity contribution in [1.82, 2.24) is 10.6 Å². The number of rotatable bonds is 12. The number of primary amides is 1. The zero-order valence-corrected chi connectivity index (χ0v) is 14.0. The minimum absolute atomic E-state index is 0. The lowest BCUT2D eigenvalue weighted by Gasteiger charge is -2.17. The molecule has 130 valence electrons. The summed E-state index contributed by atoms with van der Waals surface area (Å²) in [6.45, 7) is 2.71. The maximum absolute atomic E-state index is 11.8. The molecule has 0 heterocycles. The van der Waals surface area contributed by atoms with Gasteiger partial charge in [0.2, 0.25) is 17.7 Å². The van der Waals surface area contributed by atoms with Gasteiger partial charge in [0.05, 0.1) is 6.42 Å². The summed E-state index contributed by atoms with van der Waals surface area (Å²) in [4.78, 5) is 34.5. The highest BCUT2D eigenvalue weighted by atomic mass is 35.5. The molecular weight excluding hydrogens is 308 g/mol. The van der Waals surface area contributed by atoms with E-state index in [1.54, 1.807) is 0 Å². The van der Waals surface area contributed by atoms with Gasteiger partial charge in [-0.3, -0.25) is 14.4 Å². The average molecular weight is 337 g/mol. The van der Waals surface area contributed by atoms with E-state index in [2.05, 4.69) is 17.6 Å².